The first-order valence-electron chi connectivity index (χ1n) is 9.87. The van der Waals surface area contributed by atoms with Gasteiger partial charge in [-0.2, -0.15) is 0 Å². The van der Waals surface area contributed by atoms with Gasteiger partial charge in [-0.15, -0.1) is 0 Å². The van der Waals surface area contributed by atoms with Gasteiger partial charge in [-0.3, -0.25) is 0 Å². The van der Waals surface area contributed by atoms with Gasteiger partial charge in [0.2, 0.25) is 0 Å². The van der Waals surface area contributed by atoms with Crippen LogP contribution in [0.2, 0.25) is 10.0 Å². The van der Waals surface area contributed by atoms with Crippen LogP contribution in [-0.4, -0.2) is 37.4 Å². The van der Waals surface area contributed by atoms with E-state index in [9.17, 15) is 4.79 Å². The summed E-state index contributed by atoms with van der Waals surface area (Å²) < 4.78 is 9.45. The minimum absolute atomic E-state index is 0.300. The van der Waals surface area contributed by atoms with E-state index in [1.165, 1.54) is 22.9 Å². The first-order chi connectivity index (χ1) is 15.5. The third kappa shape index (κ3) is 7.30. The first kappa shape index (κ1) is 24.2. The average molecular weight is 571 g/mol. The molecule has 0 aliphatic carbocycles. The molecule has 0 saturated carbocycles. The number of rotatable bonds is 6. The van der Waals surface area contributed by atoms with E-state index in [1.807, 2.05) is 0 Å². The van der Waals surface area contributed by atoms with Gasteiger partial charge in [-0.05, 0) is 18.2 Å². The fourth-order valence-corrected chi connectivity index (χ4v) is 10.9. The Bertz CT molecular complexity index is 1030. The summed E-state index contributed by atoms with van der Waals surface area (Å²) in [6, 6.07) is 37.5. The molecular formula is C26H21Cl2O3Sn. The number of carboxylic acids is 1. The maximum absolute atomic E-state index is 10.2. The Morgan fingerprint density at radius 2 is 1.16 bits per heavy atom. The maximum atomic E-state index is 10.2. The van der Waals surface area contributed by atoms with Crippen molar-refractivity contribution in [2.45, 2.75) is 0 Å². The second-order valence-corrected chi connectivity index (χ2v) is 14.7. The summed E-state index contributed by atoms with van der Waals surface area (Å²) in [6.07, 6.45) is 0. The minimum atomic E-state index is -1.98. The van der Waals surface area contributed by atoms with Gasteiger partial charge in [-0.1, -0.05) is 23.2 Å². The van der Waals surface area contributed by atoms with Crippen molar-refractivity contribution in [1.82, 2.24) is 0 Å². The number of benzene rings is 4. The Morgan fingerprint density at radius 3 is 1.53 bits per heavy atom. The Balaban J connectivity index is 0.000000195. The summed E-state index contributed by atoms with van der Waals surface area (Å²) >= 11 is 9.35. The molecule has 1 N–H and O–H groups in total. The molecule has 0 aliphatic heterocycles. The van der Waals surface area contributed by atoms with Crippen LogP contribution in [0.4, 0.5) is 0 Å². The third-order valence-electron chi connectivity index (χ3n) is 4.43. The van der Waals surface area contributed by atoms with Gasteiger partial charge in [0.25, 0.3) is 0 Å². The van der Waals surface area contributed by atoms with Crippen LogP contribution >= 0.6 is 23.2 Å². The van der Waals surface area contributed by atoms with Gasteiger partial charge in [0, 0.05) is 5.02 Å². The van der Waals surface area contributed by atoms with Crippen LogP contribution in [0.1, 0.15) is 0 Å². The van der Waals surface area contributed by atoms with Crippen molar-refractivity contribution in [1.29, 1.82) is 0 Å². The predicted octanol–water partition coefficient (Wildman–Crippen LogP) is 4.66. The summed E-state index contributed by atoms with van der Waals surface area (Å²) in [6.45, 7) is -0.415. The van der Waals surface area contributed by atoms with Crippen LogP contribution in [0.15, 0.2) is 109 Å². The molecule has 4 aromatic carbocycles. The molecule has 0 bridgehead atoms. The fraction of sp³-hybridized carbons (Fsp3) is 0.0385. The van der Waals surface area contributed by atoms with E-state index >= 15 is 0 Å². The molecule has 4 aromatic rings. The van der Waals surface area contributed by atoms with Crippen LogP contribution in [0, 0.1) is 0 Å². The summed E-state index contributed by atoms with van der Waals surface area (Å²) in [5, 5.41) is 9.11. The van der Waals surface area contributed by atoms with Crippen LogP contribution in [-0.2, 0) is 4.79 Å². The van der Waals surface area contributed by atoms with Gasteiger partial charge in [-0.25, -0.2) is 4.79 Å². The number of ether oxygens (including phenoxy) is 1. The van der Waals surface area contributed by atoms with Crippen molar-refractivity contribution in [3.05, 3.63) is 119 Å². The van der Waals surface area contributed by atoms with Crippen molar-refractivity contribution in [3.63, 3.8) is 0 Å². The average Bonchev–Trinajstić information content (AvgIpc) is 2.81. The number of carbonyl (C=O) groups is 1. The van der Waals surface area contributed by atoms with Crippen LogP contribution in [0.25, 0.3) is 0 Å². The fourth-order valence-electron chi connectivity index (χ4n) is 3.05. The molecule has 0 aliphatic rings. The number of aliphatic carboxylic acids is 1. The van der Waals surface area contributed by atoms with Gasteiger partial charge >= 0.3 is 127 Å². The monoisotopic (exact) mass is 571 g/mol. The van der Waals surface area contributed by atoms with Crippen LogP contribution in [0.5, 0.6) is 5.75 Å². The Kier molecular flexibility index (Phi) is 9.47. The Hall–Kier alpha value is -2.47. The molecule has 0 fully saturated rings. The second kappa shape index (κ2) is 12.5. The van der Waals surface area contributed by atoms with E-state index in [2.05, 4.69) is 91.0 Å². The van der Waals surface area contributed by atoms with Crippen LogP contribution in [0.3, 0.4) is 0 Å². The number of hydrogen-bond donors (Lipinski definition) is 1. The first-order valence-corrected chi connectivity index (χ1v) is 14.9. The summed E-state index contributed by atoms with van der Waals surface area (Å²) in [5.41, 5.74) is 0. The third-order valence-corrected chi connectivity index (χ3v) is 12.8. The van der Waals surface area contributed by atoms with Crippen molar-refractivity contribution in [2.24, 2.45) is 0 Å². The van der Waals surface area contributed by atoms with Gasteiger partial charge < -0.3 is 9.84 Å². The van der Waals surface area contributed by atoms with E-state index < -0.39 is 32.3 Å². The number of carboxylic acid groups (broad SMARTS) is 1. The van der Waals surface area contributed by atoms with Crippen molar-refractivity contribution in [2.75, 3.05) is 6.61 Å². The Morgan fingerprint density at radius 1 is 0.719 bits per heavy atom. The molecule has 0 amide bonds. The van der Waals surface area contributed by atoms with Gasteiger partial charge in [0.15, 0.2) is 6.61 Å². The quantitative estimate of drug-likeness (QED) is 0.343. The summed E-state index contributed by atoms with van der Waals surface area (Å²) in [5.74, 6) is -0.737. The molecule has 0 aromatic heterocycles. The molecule has 3 nitrogen and oxygen atoms in total. The summed E-state index contributed by atoms with van der Waals surface area (Å²) in [4.78, 5) is 10.2. The molecule has 6 heteroatoms. The van der Waals surface area contributed by atoms with E-state index in [0.717, 1.165) is 0 Å². The van der Waals surface area contributed by atoms with E-state index in [1.54, 1.807) is 6.07 Å². The molecule has 0 saturated heterocycles. The SMILES string of the molecule is O=C(O)COc1ccc(Cl)cc1Cl.c1cc[c]([Sn]([c]2ccccc2)[c]2ccccc2)cc1. The predicted molar refractivity (Wildman–Crippen MR) is 134 cm³/mol. The molecule has 0 spiro atoms. The summed E-state index contributed by atoms with van der Waals surface area (Å²) in [7, 11) is 0. The van der Waals surface area contributed by atoms with Gasteiger partial charge in [0.1, 0.15) is 5.75 Å². The van der Waals surface area contributed by atoms with Crippen molar-refractivity contribution < 1.29 is 14.6 Å². The van der Waals surface area contributed by atoms with Crippen molar-refractivity contribution >= 4 is 59.7 Å². The van der Waals surface area contributed by atoms with Gasteiger partial charge in [0.05, 0.1) is 5.02 Å². The topological polar surface area (TPSA) is 46.5 Å². The van der Waals surface area contributed by atoms with Crippen LogP contribution < -0.4 is 15.5 Å². The number of halogens is 2. The van der Waals surface area contributed by atoms with E-state index in [-0.39, 0.29) is 0 Å². The molecule has 32 heavy (non-hydrogen) atoms. The van der Waals surface area contributed by atoms with Crippen molar-refractivity contribution in [3.8, 4) is 5.75 Å². The second-order valence-electron chi connectivity index (χ2n) is 6.73. The standard InChI is InChI=1S/C8H6Cl2O3.3C6H5.Sn/c9-5-1-2-7(6(10)3-5)13-4-8(11)12;3*1-2-4-6-5-3-1;/h1-3H,4H2,(H,11,12);3*1-5H;. The number of hydrogen-bond acceptors (Lipinski definition) is 2. The molecule has 1 radical (unpaired) electrons. The zero-order valence-electron chi connectivity index (χ0n) is 17.1. The van der Waals surface area contributed by atoms with E-state index in [0.29, 0.717) is 15.8 Å². The zero-order chi connectivity index (χ0) is 22.8. The Labute approximate surface area is 204 Å². The normalized spacial score (nSPS) is 10.2. The molecule has 4 rings (SSSR count). The van der Waals surface area contributed by atoms with E-state index in [4.69, 9.17) is 33.0 Å². The molecule has 0 atom stereocenters. The molecule has 161 valence electrons. The molecule has 0 unspecified atom stereocenters. The molecular weight excluding hydrogens is 550 g/mol. The zero-order valence-corrected chi connectivity index (χ0v) is 21.5. The molecule has 0 heterocycles.